The number of anilines is 4. The first-order chi connectivity index (χ1) is 43.4. The second kappa shape index (κ2) is 27.0. The van der Waals surface area contributed by atoms with E-state index in [0.717, 1.165) is 95.2 Å². The van der Waals surface area contributed by atoms with Crippen LogP contribution in [0, 0.1) is 40.9 Å². The molecular formula is C68H76ClN15O5. The Kier molecular flexibility index (Phi) is 18.4. The molecule has 5 atom stereocenters. The first kappa shape index (κ1) is 60.7. The number of hydrogen-bond acceptors (Lipinski definition) is 18. The predicted molar refractivity (Wildman–Crippen MR) is 343 cm³/mol. The standard InChI is InChI=1S/C68H76ClN15O5/c1-45-11-5-12-46-13-7-17-59(63(45)46)79-28-22-54-57(41-79)73-68(76-65(54)81-30-32-83(50(39-81)20-25-71)61(85)18-8-24-70)89-44-53-36-49(38-78(53)3)48-35-47-14-6-16-56(69)64(47)60(37-48)80-29-23-55-58(42-80)74-67(88-43-52-15-9-27-77(52)2)75-66(55)82-31-33-84(51(40-82)21-26-72)62(86)19-10-34-87-4/h5-8,10-14,16-19,35,37,49-53H,9,15,20-23,27-34,36,38-44H2,1-4H3/b18-8-,19-10+/t49?,50-,51-,52-,53-/m0/s1. The van der Waals surface area contributed by atoms with Gasteiger partial charge in [0.1, 0.15) is 24.8 Å². The Morgan fingerprint density at radius 3 is 1.88 bits per heavy atom. The van der Waals surface area contributed by atoms with Gasteiger partial charge in [0.25, 0.3) is 0 Å². The molecule has 6 aliphatic rings. The number of ether oxygens (including phenoxy) is 3. The second-order valence-corrected chi connectivity index (χ2v) is 24.8. The van der Waals surface area contributed by atoms with Crippen LogP contribution in [0.3, 0.4) is 0 Å². The lowest BCUT2D eigenvalue weighted by Crippen LogP contribution is -2.55. The number of likely N-dealkylation sites (tertiary alicyclic amines) is 2. The average molecular weight is 1220 g/mol. The summed E-state index contributed by atoms with van der Waals surface area (Å²) in [6.45, 7) is 10.3. The van der Waals surface area contributed by atoms with Crippen LogP contribution in [0.5, 0.6) is 12.0 Å². The molecule has 0 bridgehead atoms. The number of nitrogens with zero attached hydrogens (tertiary/aromatic N) is 15. The highest BCUT2D eigenvalue weighted by atomic mass is 35.5. The molecule has 20 nitrogen and oxygen atoms in total. The third kappa shape index (κ3) is 12.9. The Labute approximate surface area is 525 Å². The Balaban J connectivity index is 0.812. The number of carbonyl (C=O) groups is 2. The van der Waals surface area contributed by atoms with Crippen molar-refractivity contribution >= 4 is 68.0 Å². The smallest absolute Gasteiger partial charge is 0.318 e. The molecule has 6 aromatic rings. The van der Waals surface area contributed by atoms with Crippen molar-refractivity contribution in [1.29, 1.82) is 15.8 Å². The number of allylic oxidation sites excluding steroid dienone is 1. The zero-order valence-electron chi connectivity index (χ0n) is 51.2. The maximum atomic E-state index is 13.4. The van der Waals surface area contributed by atoms with E-state index in [1.807, 2.05) is 18.2 Å². The van der Waals surface area contributed by atoms with Crippen molar-refractivity contribution in [2.24, 2.45) is 0 Å². The second-order valence-electron chi connectivity index (χ2n) is 24.4. The normalized spacial score (nSPS) is 21.6. The van der Waals surface area contributed by atoms with Crippen molar-refractivity contribution in [3.8, 4) is 30.2 Å². The molecule has 89 heavy (non-hydrogen) atoms. The van der Waals surface area contributed by atoms with Crippen molar-refractivity contribution in [2.75, 3.05) is 126 Å². The van der Waals surface area contributed by atoms with Gasteiger partial charge in [-0.2, -0.15) is 35.7 Å². The first-order valence-corrected chi connectivity index (χ1v) is 31.5. The number of piperazine rings is 2. The van der Waals surface area contributed by atoms with Gasteiger partial charge in [-0.15, -0.1) is 0 Å². The van der Waals surface area contributed by atoms with E-state index in [4.69, 9.17) is 45.7 Å². The number of fused-ring (bicyclic) bond motifs is 4. The van der Waals surface area contributed by atoms with Gasteiger partial charge in [0.15, 0.2) is 0 Å². The molecule has 2 amide bonds. The summed E-state index contributed by atoms with van der Waals surface area (Å²) in [5, 5.41) is 34.2. The summed E-state index contributed by atoms with van der Waals surface area (Å²) in [5.41, 5.74) is 8.47. The Morgan fingerprint density at radius 1 is 0.652 bits per heavy atom. The number of amides is 2. The van der Waals surface area contributed by atoms with Crippen molar-refractivity contribution in [3.05, 3.63) is 130 Å². The van der Waals surface area contributed by atoms with E-state index < -0.39 is 6.04 Å². The molecule has 2 aromatic heterocycles. The fraction of sp³-hybridized carbons (Fsp3) is 0.456. The van der Waals surface area contributed by atoms with Crippen LogP contribution in [0.4, 0.5) is 23.0 Å². The van der Waals surface area contributed by atoms with Gasteiger partial charge in [0.2, 0.25) is 11.8 Å². The molecule has 4 aromatic carbocycles. The van der Waals surface area contributed by atoms with Crippen molar-refractivity contribution < 1.29 is 23.8 Å². The van der Waals surface area contributed by atoms with Crippen LogP contribution >= 0.6 is 11.6 Å². The van der Waals surface area contributed by atoms with Crippen molar-refractivity contribution in [2.45, 2.75) is 95.0 Å². The van der Waals surface area contributed by atoms with Crippen LogP contribution in [0.15, 0.2) is 91.0 Å². The summed E-state index contributed by atoms with van der Waals surface area (Å²) in [5.74, 6) is 1.31. The molecule has 0 radical (unpaired) electrons. The summed E-state index contributed by atoms with van der Waals surface area (Å²) in [6, 6.07) is 30.3. The van der Waals surface area contributed by atoms with Crippen LogP contribution in [0.2, 0.25) is 5.02 Å². The van der Waals surface area contributed by atoms with Gasteiger partial charge in [-0.25, -0.2) is 0 Å². The lowest BCUT2D eigenvalue weighted by atomic mass is 9.92. The van der Waals surface area contributed by atoms with Crippen LogP contribution in [0.25, 0.3) is 21.5 Å². The quantitative estimate of drug-likeness (QED) is 0.0623. The van der Waals surface area contributed by atoms with Gasteiger partial charge >= 0.3 is 12.0 Å². The van der Waals surface area contributed by atoms with Gasteiger partial charge < -0.3 is 48.5 Å². The summed E-state index contributed by atoms with van der Waals surface area (Å²) < 4.78 is 18.5. The molecule has 0 N–H and O–H groups in total. The fourth-order valence-electron chi connectivity index (χ4n) is 14.3. The highest BCUT2D eigenvalue weighted by Crippen LogP contribution is 2.43. The highest BCUT2D eigenvalue weighted by Gasteiger charge is 2.38. The Hall–Kier alpha value is -8.58. The van der Waals surface area contributed by atoms with E-state index in [1.165, 1.54) is 40.1 Å². The van der Waals surface area contributed by atoms with E-state index in [2.05, 4.69) is 117 Å². The van der Waals surface area contributed by atoms with Crippen LogP contribution < -0.4 is 29.1 Å². The maximum Gasteiger partial charge on any atom is 0.318 e. The molecule has 1 unspecified atom stereocenters. The molecule has 0 spiro atoms. The minimum Gasteiger partial charge on any atom is -0.462 e. The molecule has 460 valence electrons. The maximum absolute atomic E-state index is 13.4. The van der Waals surface area contributed by atoms with E-state index in [0.29, 0.717) is 109 Å². The monoisotopic (exact) mass is 1220 g/mol. The number of benzene rings is 4. The van der Waals surface area contributed by atoms with E-state index in [1.54, 1.807) is 23.0 Å². The summed E-state index contributed by atoms with van der Waals surface area (Å²) in [6.07, 6.45) is 10.4. The summed E-state index contributed by atoms with van der Waals surface area (Å²) in [4.78, 5) is 64.9. The van der Waals surface area contributed by atoms with Crippen molar-refractivity contribution in [1.82, 2.24) is 39.5 Å². The third-order valence-electron chi connectivity index (χ3n) is 19.0. The lowest BCUT2D eigenvalue weighted by molar-refractivity contribution is -0.129. The minimum absolute atomic E-state index is 0.0343. The van der Waals surface area contributed by atoms with Crippen LogP contribution in [-0.2, 0) is 40.3 Å². The number of methoxy groups -OCH3 is 1. The number of halogens is 1. The van der Waals surface area contributed by atoms with Gasteiger partial charge in [0.05, 0.1) is 79.2 Å². The van der Waals surface area contributed by atoms with Crippen molar-refractivity contribution in [3.63, 3.8) is 0 Å². The first-order valence-electron chi connectivity index (χ1n) is 31.1. The highest BCUT2D eigenvalue weighted by molar-refractivity contribution is 6.36. The molecule has 0 saturated carbocycles. The molecule has 0 aliphatic carbocycles. The SMILES string of the molecule is COC/C=C/C(=O)N1CCN(c2nc(OC[C@@H]3CCCN3C)nc3c2CCN(c2cc(C4C[C@@H](COc5nc6c(c(N7CCN(C(=O)/C=C\C#N)[C@@H](CC#N)C7)n5)CCN(c5cccc7cccc(C)c57)C6)N(C)C4)cc4cccc(Cl)c24)C3)C[C@@H]1CC#N. The van der Waals surface area contributed by atoms with Crippen LogP contribution in [0.1, 0.15) is 71.7 Å². The van der Waals surface area contributed by atoms with Gasteiger partial charge in [-0.3, -0.25) is 14.5 Å². The molecule has 8 heterocycles. The van der Waals surface area contributed by atoms with E-state index >= 15 is 0 Å². The number of hydrogen-bond donors (Lipinski definition) is 0. The molecule has 12 rings (SSSR count). The van der Waals surface area contributed by atoms with Crippen LogP contribution in [-0.4, -0.2) is 182 Å². The van der Waals surface area contributed by atoms with E-state index in [-0.39, 0.29) is 48.7 Å². The predicted octanol–water partition coefficient (Wildman–Crippen LogP) is 8.14. The number of nitriles is 3. The summed E-state index contributed by atoms with van der Waals surface area (Å²) >= 11 is 7.22. The average Bonchev–Trinajstić information content (AvgIpc) is 1.64. The van der Waals surface area contributed by atoms with E-state index in [9.17, 15) is 25.4 Å². The molecule has 21 heteroatoms. The third-order valence-corrected chi connectivity index (χ3v) is 19.3. The molecular weight excluding hydrogens is 1140 g/mol. The molecule has 4 fully saturated rings. The number of rotatable bonds is 17. The van der Waals surface area contributed by atoms with Gasteiger partial charge in [0, 0.05) is 130 Å². The Morgan fingerprint density at radius 2 is 1.26 bits per heavy atom. The number of aromatic nitrogens is 4. The topological polar surface area (TPSA) is 211 Å². The lowest BCUT2D eigenvalue weighted by Gasteiger charge is -2.42. The number of likely N-dealkylation sites (N-methyl/N-ethyl adjacent to an activating group) is 2. The minimum atomic E-state index is -0.403. The number of carbonyl (C=O) groups excluding carboxylic acids is 2. The fourth-order valence-corrected chi connectivity index (χ4v) is 14.6. The Bertz CT molecular complexity index is 3840. The molecule has 6 aliphatic heterocycles. The zero-order chi connectivity index (χ0) is 61.7. The molecule has 4 saturated heterocycles. The zero-order valence-corrected chi connectivity index (χ0v) is 52.0. The number of aryl methyl sites for hydroxylation is 1. The largest absolute Gasteiger partial charge is 0.462 e. The van der Waals surface area contributed by atoms with Gasteiger partial charge in [-0.1, -0.05) is 66.2 Å². The van der Waals surface area contributed by atoms with Gasteiger partial charge in [-0.05, 0) is 106 Å². The summed E-state index contributed by atoms with van der Waals surface area (Å²) in [7, 11) is 5.88.